The number of anilines is 2. The molecule has 3 aromatic carbocycles. The van der Waals surface area contributed by atoms with Crippen molar-refractivity contribution in [2.75, 3.05) is 10.0 Å². The fourth-order valence-corrected chi connectivity index (χ4v) is 4.73. The van der Waals surface area contributed by atoms with Crippen LogP contribution in [-0.4, -0.2) is 26.4 Å². The summed E-state index contributed by atoms with van der Waals surface area (Å²) in [7, 11) is -3.80. The molecule has 8 nitrogen and oxygen atoms in total. The molecule has 0 saturated heterocycles. The maximum absolute atomic E-state index is 12.9. The summed E-state index contributed by atoms with van der Waals surface area (Å²) in [6, 6.07) is 18.4. The predicted octanol–water partition coefficient (Wildman–Crippen LogP) is 4.56. The molecule has 0 bridgehead atoms. The number of sulfonamides is 1. The highest BCUT2D eigenvalue weighted by atomic mass is 32.2. The van der Waals surface area contributed by atoms with Gasteiger partial charge in [0.1, 0.15) is 0 Å². The molecule has 0 unspecified atom stereocenters. The molecule has 35 heavy (non-hydrogen) atoms. The highest BCUT2D eigenvalue weighted by molar-refractivity contribution is 7.92. The number of nitrogens with one attached hydrogen (secondary N) is 4. The molecule has 0 aliphatic rings. The number of urea groups is 1. The molecule has 0 saturated carbocycles. The minimum atomic E-state index is -3.80. The first kappa shape index (κ1) is 25.8. The van der Waals surface area contributed by atoms with Crippen LogP contribution in [0.25, 0.3) is 0 Å². The Morgan fingerprint density at radius 3 is 2.29 bits per heavy atom. The highest BCUT2D eigenvalue weighted by Crippen LogP contribution is 2.21. The average molecular weight is 495 g/mol. The first-order valence-corrected chi connectivity index (χ1v) is 12.7. The Balaban J connectivity index is 1.62. The molecule has 0 aliphatic heterocycles. The second-order valence-corrected chi connectivity index (χ2v) is 10.2. The normalized spacial score (nSPS) is 11.1. The molecule has 0 spiro atoms. The lowest BCUT2D eigenvalue weighted by atomic mass is 10.1. The van der Waals surface area contributed by atoms with Crippen LogP contribution in [0.2, 0.25) is 0 Å². The van der Waals surface area contributed by atoms with Crippen molar-refractivity contribution in [1.82, 2.24) is 10.6 Å². The largest absolute Gasteiger partial charge is 0.348 e. The van der Waals surface area contributed by atoms with Gasteiger partial charge in [0.25, 0.3) is 15.9 Å². The Morgan fingerprint density at radius 2 is 1.60 bits per heavy atom. The zero-order chi connectivity index (χ0) is 25.6. The van der Waals surface area contributed by atoms with E-state index in [0.717, 1.165) is 11.1 Å². The molecule has 3 aromatic rings. The standard InChI is InChI=1S/C26H30N4O4S/c1-17(2)28-26(32)29-22-12-10-20(11-13-22)16-27-25(31)21-6-5-7-23(15-21)30-35(33,34)24-14-18(3)8-9-19(24)4/h5-15,17,30H,16H2,1-4H3,(H,27,31)(H2,28,29,32). The lowest BCUT2D eigenvalue weighted by Crippen LogP contribution is -2.34. The third-order valence-electron chi connectivity index (χ3n) is 5.09. The summed E-state index contributed by atoms with van der Waals surface area (Å²) in [6.45, 7) is 7.59. The van der Waals surface area contributed by atoms with Crippen LogP contribution in [0.4, 0.5) is 16.2 Å². The van der Waals surface area contributed by atoms with E-state index in [2.05, 4.69) is 20.7 Å². The monoisotopic (exact) mass is 494 g/mol. The Hall–Kier alpha value is -3.85. The molecular weight excluding hydrogens is 464 g/mol. The predicted molar refractivity (Wildman–Crippen MR) is 138 cm³/mol. The van der Waals surface area contributed by atoms with E-state index in [4.69, 9.17) is 0 Å². The minimum Gasteiger partial charge on any atom is -0.348 e. The number of hydrogen-bond donors (Lipinski definition) is 4. The summed E-state index contributed by atoms with van der Waals surface area (Å²) in [6.07, 6.45) is 0. The Kier molecular flexibility index (Phi) is 8.14. The molecule has 3 rings (SSSR count). The summed E-state index contributed by atoms with van der Waals surface area (Å²) in [4.78, 5) is 24.7. The van der Waals surface area contributed by atoms with E-state index in [1.807, 2.05) is 26.8 Å². The van der Waals surface area contributed by atoms with Gasteiger partial charge in [0.05, 0.1) is 4.90 Å². The van der Waals surface area contributed by atoms with Crippen LogP contribution in [0.15, 0.2) is 71.6 Å². The molecule has 184 valence electrons. The van der Waals surface area contributed by atoms with Crippen LogP contribution >= 0.6 is 0 Å². The van der Waals surface area contributed by atoms with Gasteiger partial charge < -0.3 is 16.0 Å². The average Bonchev–Trinajstić information content (AvgIpc) is 2.79. The van der Waals surface area contributed by atoms with E-state index >= 15 is 0 Å². The Bertz CT molecular complexity index is 1320. The van der Waals surface area contributed by atoms with Gasteiger partial charge in [-0.2, -0.15) is 0 Å². The van der Waals surface area contributed by atoms with Gasteiger partial charge in [-0.15, -0.1) is 0 Å². The molecule has 0 heterocycles. The molecule has 0 fully saturated rings. The van der Waals surface area contributed by atoms with Crippen LogP contribution in [0.5, 0.6) is 0 Å². The fourth-order valence-electron chi connectivity index (χ4n) is 3.35. The molecule has 0 aromatic heterocycles. The van der Waals surface area contributed by atoms with E-state index in [1.54, 1.807) is 61.5 Å². The zero-order valence-electron chi connectivity index (χ0n) is 20.2. The topological polar surface area (TPSA) is 116 Å². The van der Waals surface area contributed by atoms with Crippen molar-refractivity contribution >= 4 is 33.3 Å². The molecule has 3 amide bonds. The SMILES string of the molecule is Cc1ccc(C)c(S(=O)(=O)Nc2cccc(C(=O)NCc3ccc(NC(=O)NC(C)C)cc3)c2)c1. The van der Waals surface area contributed by atoms with Crippen molar-refractivity contribution in [2.24, 2.45) is 0 Å². The summed E-state index contributed by atoms with van der Waals surface area (Å²) in [5, 5.41) is 8.31. The van der Waals surface area contributed by atoms with Gasteiger partial charge in [-0.1, -0.05) is 30.3 Å². The van der Waals surface area contributed by atoms with Crippen molar-refractivity contribution < 1.29 is 18.0 Å². The number of benzene rings is 3. The lowest BCUT2D eigenvalue weighted by Gasteiger charge is -2.12. The number of rotatable bonds is 8. The van der Waals surface area contributed by atoms with E-state index in [-0.39, 0.29) is 29.4 Å². The third kappa shape index (κ3) is 7.31. The summed E-state index contributed by atoms with van der Waals surface area (Å²) in [5.74, 6) is -0.337. The van der Waals surface area contributed by atoms with Gasteiger partial charge in [0.15, 0.2) is 0 Å². The van der Waals surface area contributed by atoms with E-state index in [0.29, 0.717) is 22.5 Å². The van der Waals surface area contributed by atoms with Crippen molar-refractivity contribution in [2.45, 2.75) is 45.2 Å². The fraction of sp³-hybridized carbons (Fsp3) is 0.231. The van der Waals surface area contributed by atoms with Gasteiger partial charge in [0, 0.05) is 29.5 Å². The van der Waals surface area contributed by atoms with Crippen molar-refractivity contribution in [3.8, 4) is 0 Å². The second kappa shape index (κ2) is 11.1. The first-order chi connectivity index (χ1) is 16.5. The van der Waals surface area contributed by atoms with Gasteiger partial charge in [-0.25, -0.2) is 13.2 Å². The maximum Gasteiger partial charge on any atom is 0.319 e. The van der Waals surface area contributed by atoms with Gasteiger partial charge >= 0.3 is 6.03 Å². The number of aryl methyl sites for hydroxylation is 2. The molecule has 0 aliphatic carbocycles. The summed E-state index contributed by atoms with van der Waals surface area (Å²) in [5.41, 5.74) is 3.59. The molecule has 4 N–H and O–H groups in total. The van der Waals surface area contributed by atoms with Gasteiger partial charge in [-0.3, -0.25) is 9.52 Å². The molecule has 0 atom stereocenters. The molecular formula is C26H30N4O4S. The van der Waals surface area contributed by atoms with E-state index in [1.165, 1.54) is 6.07 Å². The van der Waals surface area contributed by atoms with Crippen LogP contribution in [-0.2, 0) is 16.6 Å². The van der Waals surface area contributed by atoms with Crippen LogP contribution in [0.1, 0.15) is 40.9 Å². The Labute approximate surface area is 206 Å². The summed E-state index contributed by atoms with van der Waals surface area (Å²) < 4.78 is 28.3. The number of hydrogen-bond acceptors (Lipinski definition) is 4. The van der Waals surface area contributed by atoms with Crippen LogP contribution < -0.4 is 20.7 Å². The van der Waals surface area contributed by atoms with Crippen molar-refractivity contribution in [3.63, 3.8) is 0 Å². The van der Waals surface area contributed by atoms with Crippen LogP contribution in [0, 0.1) is 13.8 Å². The van der Waals surface area contributed by atoms with Gasteiger partial charge in [0.2, 0.25) is 0 Å². The number of carbonyl (C=O) groups excluding carboxylic acids is 2. The first-order valence-electron chi connectivity index (χ1n) is 11.2. The summed E-state index contributed by atoms with van der Waals surface area (Å²) >= 11 is 0. The Morgan fingerprint density at radius 1 is 0.886 bits per heavy atom. The third-order valence-corrected chi connectivity index (χ3v) is 6.62. The smallest absolute Gasteiger partial charge is 0.319 e. The van der Waals surface area contributed by atoms with Crippen molar-refractivity contribution in [1.29, 1.82) is 0 Å². The van der Waals surface area contributed by atoms with Gasteiger partial charge in [-0.05, 0) is 80.8 Å². The number of carbonyl (C=O) groups is 2. The highest BCUT2D eigenvalue weighted by Gasteiger charge is 2.18. The second-order valence-electron chi connectivity index (χ2n) is 8.59. The number of amides is 3. The van der Waals surface area contributed by atoms with E-state index < -0.39 is 10.0 Å². The van der Waals surface area contributed by atoms with Crippen LogP contribution in [0.3, 0.4) is 0 Å². The lowest BCUT2D eigenvalue weighted by molar-refractivity contribution is 0.0951. The maximum atomic E-state index is 12.9. The molecule has 9 heteroatoms. The molecule has 0 radical (unpaired) electrons. The minimum absolute atomic E-state index is 0.0324. The van der Waals surface area contributed by atoms with Crippen molar-refractivity contribution in [3.05, 3.63) is 89.0 Å². The quantitative estimate of drug-likeness (QED) is 0.367. The zero-order valence-corrected chi connectivity index (χ0v) is 21.0. The van der Waals surface area contributed by atoms with E-state index in [9.17, 15) is 18.0 Å².